The van der Waals surface area contributed by atoms with Crippen LogP contribution in [0, 0.1) is 12.8 Å². The average Bonchev–Trinajstić information content (AvgIpc) is 3.05. The zero-order valence-electron chi connectivity index (χ0n) is 14.1. The minimum atomic E-state index is 0.0360. The lowest BCUT2D eigenvalue weighted by Crippen LogP contribution is -2.41. The van der Waals surface area contributed by atoms with Crippen LogP contribution in [-0.4, -0.2) is 27.9 Å². The molecule has 0 unspecified atom stereocenters. The number of hydrogen-bond donors (Lipinski definition) is 1. The molecule has 1 amide bonds. The van der Waals surface area contributed by atoms with Crippen LogP contribution in [0.2, 0.25) is 0 Å². The molecule has 2 aromatic rings. The molecule has 0 bridgehead atoms. The van der Waals surface area contributed by atoms with Crippen molar-refractivity contribution in [1.82, 2.24) is 15.5 Å². The van der Waals surface area contributed by atoms with Gasteiger partial charge in [0.25, 0.3) is 5.22 Å². The van der Waals surface area contributed by atoms with Gasteiger partial charge in [-0.3, -0.25) is 4.79 Å². The number of nitrogens with zero attached hydrogens (tertiary/aromatic N) is 2. The van der Waals surface area contributed by atoms with Gasteiger partial charge in [-0.15, -0.1) is 10.2 Å². The zero-order valence-corrected chi connectivity index (χ0v) is 14.9. The fourth-order valence-electron chi connectivity index (χ4n) is 2.99. The van der Waals surface area contributed by atoms with Gasteiger partial charge < -0.3 is 9.73 Å². The van der Waals surface area contributed by atoms with Crippen molar-refractivity contribution in [3.05, 3.63) is 29.8 Å². The Bertz CT molecular complexity index is 684. The van der Waals surface area contributed by atoms with E-state index in [1.807, 2.05) is 31.2 Å². The Morgan fingerprint density at radius 2 is 2.00 bits per heavy atom. The molecule has 0 aliphatic heterocycles. The molecule has 5 nitrogen and oxygen atoms in total. The van der Waals surface area contributed by atoms with E-state index >= 15 is 0 Å². The van der Waals surface area contributed by atoms with Crippen LogP contribution in [0.1, 0.15) is 38.2 Å². The molecule has 0 saturated heterocycles. The number of hydrogen-bond acceptors (Lipinski definition) is 5. The predicted molar refractivity (Wildman–Crippen MR) is 94.8 cm³/mol. The molecule has 1 aliphatic carbocycles. The minimum Gasteiger partial charge on any atom is -0.411 e. The normalized spacial score (nSPS) is 20.8. The lowest BCUT2D eigenvalue weighted by molar-refractivity contribution is -0.119. The highest BCUT2D eigenvalue weighted by molar-refractivity contribution is 7.99. The van der Waals surface area contributed by atoms with Crippen molar-refractivity contribution in [1.29, 1.82) is 0 Å². The summed E-state index contributed by atoms with van der Waals surface area (Å²) in [5.74, 6) is 1.38. The minimum absolute atomic E-state index is 0.0360. The largest absolute Gasteiger partial charge is 0.411 e. The zero-order chi connectivity index (χ0) is 16.9. The first-order valence-electron chi connectivity index (χ1n) is 8.44. The van der Waals surface area contributed by atoms with Crippen molar-refractivity contribution >= 4 is 17.7 Å². The second kappa shape index (κ2) is 7.83. The molecule has 128 valence electrons. The number of carbonyl (C=O) groups is 1. The maximum atomic E-state index is 12.1. The third-order valence-electron chi connectivity index (χ3n) is 4.49. The standard InChI is InChI=1S/C18H23N3O2S/c1-12-7-9-14(10-8-12)17-20-21-18(23-17)24-11-16(22)19-15-6-4-3-5-13(15)2/h7-10,13,15H,3-6,11H2,1-2H3,(H,19,22)/t13-,15+/m0/s1. The molecule has 6 heteroatoms. The van der Waals surface area contributed by atoms with Gasteiger partial charge in [-0.05, 0) is 37.8 Å². The highest BCUT2D eigenvalue weighted by Crippen LogP contribution is 2.25. The van der Waals surface area contributed by atoms with Crippen molar-refractivity contribution in [3.8, 4) is 11.5 Å². The smallest absolute Gasteiger partial charge is 0.277 e. The number of benzene rings is 1. The first-order chi connectivity index (χ1) is 11.6. The summed E-state index contributed by atoms with van der Waals surface area (Å²) in [6.07, 6.45) is 4.75. The summed E-state index contributed by atoms with van der Waals surface area (Å²) < 4.78 is 5.63. The van der Waals surface area contributed by atoms with Crippen LogP contribution in [0.3, 0.4) is 0 Å². The molecule has 1 aliphatic rings. The van der Waals surface area contributed by atoms with Gasteiger partial charge in [0.1, 0.15) is 0 Å². The molecular weight excluding hydrogens is 322 g/mol. The molecule has 3 rings (SSSR count). The van der Waals surface area contributed by atoms with Crippen LogP contribution in [0.4, 0.5) is 0 Å². The van der Waals surface area contributed by atoms with E-state index in [0.29, 0.717) is 28.8 Å². The van der Waals surface area contributed by atoms with E-state index in [9.17, 15) is 4.79 Å². The van der Waals surface area contributed by atoms with Gasteiger partial charge in [-0.25, -0.2) is 0 Å². The van der Waals surface area contributed by atoms with Crippen LogP contribution in [-0.2, 0) is 4.79 Å². The van der Waals surface area contributed by atoms with E-state index in [0.717, 1.165) is 12.0 Å². The second-order valence-corrected chi connectivity index (χ2v) is 7.39. The third-order valence-corrected chi connectivity index (χ3v) is 5.31. The Kier molecular flexibility index (Phi) is 5.56. The van der Waals surface area contributed by atoms with Gasteiger partial charge in [0.15, 0.2) is 0 Å². The van der Waals surface area contributed by atoms with Crippen molar-refractivity contribution in [2.75, 3.05) is 5.75 Å². The van der Waals surface area contributed by atoms with Gasteiger partial charge in [0.2, 0.25) is 11.8 Å². The van der Waals surface area contributed by atoms with E-state index in [4.69, 9.17) is 4.42 Å². The van der Waals surface area contributed by atoms with Gasteiger partial charge >= 0.3 is 0 Å². The molecule has 1 fully saturated rings. The first kappa shape index (κ1) is 17.0. The lowest BCUT2D eigenvalue weighted by atomic mass is 9.86. The third kappa shape index (κ3) is 4.38. The SMILES string of the molecule is Cc1ccc(-c2nnc(SCC(=O)N[C@@H]3CCCC[C@@H]3C)o2)cc1. The maximum Gasteiger partial charge on any atom is 0.277 e. The second-order valence-electron chi connectivity index (χ2n) is 6.46. The Morgan fingerprint density at radius 3 is 2.75 bits per heavy atom. The van der Waals surface area contributed by atoms with Crippen LogP contribution in [0.25, 0.3) is 11.5 Å². The van der Waals surface area contributed by atoms with Gasteiger partial charge in [-0.2, -0.15) is 0 Å². The Hall–Kier alpha value is -1.82. The number of carbonyl (C=O) groups excluding carboxylic acids is 1. The van der Waals surface area contributed by atoms with Gasteiger partial charge in [0, 0.05) is 11.6 Å². The van der Waals surface area contributed by atoms with Gasteiger partial charge in [0.05, 0.1) is 5.75 Å². The van der Waals surface area contributed by atoms with Crippen LogP contribution >= 0.6 is 11.8 Å². The molecule has 1 aromatic heterocycles. The van der Waals surface area contributed by atoms with E-state index < -0.39 is 0 Å². The summed E-state index contributed by atoms with van der Waals surface area (Å²) in [6, 6.07) is 8.22. The molecule has 24 heavy (non-hydrogen) atoms. The van der Waals surface area contributed by atoms with Crippen molar-refractivity contribution in [2.45, 2.75) is 50.8 Å². The molecule has 1 N–H and O–H groups in total. The maximum absolute atomic E-state index is 12.1. The van der Waals surface area contributed by atoms with Crippen molar-refractivity contribution in [3.63, 3.8) is 0 Å². The molecule has 1 heterocycles. The molecule has 2 atom stereocenters. The predicted octanol–water partition coefficient (Wildman–Crippen LogP) is 3.83. The highest BCUT2D eigenvalue weighted by atomic mass is 32.2. The van der Waals surface area contributed by atoms with Gasteiger partial charge in [-0.1, -0.05) is 49.2 Å². The molecule has 1 saturated carbocycles. The van der Waals surface area contributed by atoms with Crippen LogP contribution in [0.15, 0.2) is 33.9 Å². The fourth-order valence-corrected chi connectivity index (χ4v) is 3.56. The number of nitrogens with one attached hydrogen (secondary N) is 1. The lowest BCUT2D eigenvalue weighted by Gasteiger charge is -2.29. The number of aryl methyl sites for hydroxylation is 1. The summed E-state index contributed by atoms with van der Waals surface area (Å²) in [6.45, 7) is 4.24. The average molecular weight is 345 g/mol. The highest BCUT2D eigenvalue weighted by Gasteiger charge is 2.23. The summed E-state index contributed by atoms with van der Waals surface area (Å²) in [5, 5.41) is 11.6. The number of rotatable bonds is 5. The van der Waals surface area contributed by atoms with E-state index in [-0.39, 0.29) is 5.91 Å². The van der Waals surface area contributed by atoms with Crippen LogP contribution < -0.4 is 5.32 Å². The summed E-state index contributed by atoms with van der Waals surface area (Å²) in [4.78, 5) is 12.1. The van der Waals surface area contributed by atoms with E-state index in [1.54, 1.807) is 0 Å². The monoisotopic (exact) mass is 345 g/mol. The topological polar surface area (TPSA) is 68.0 Å². The fraction of sp³-hybridized carbons (Fsp3) is 0.500. The number of aromatic nitrogens is 2. The Balaban J connectivity index is 1.51. The van der Waals surface area contributed by atoms with Crippen LogP contribution in [0.5, 0.6) is 0 Å². The Labute approximate surface area is 146 Å². The quantitative estimate of drug-likeness (QED) is 0.834. The van der Waals surface area contributed by atoms with E-state index in [2.05, 4.69) is 22.4 Å². The van der Waals surface area contributed by atoms with E-state index in [1.165, 1.54) is 36.6 Å². The Morgan fingerprint density at radius 1 is 1.25 bits per heavy atom. The summed E-state index contributed by atoms with van der Waals surface area (Å²) in [5.41, 5.74) is 2.07. The summed E-state index contributed by atoms with van der Waals surface area (Å²) >= 11 is 1.28. The molecule has 0 spiro atoms. The van der Waals surface area contributed by atoms with Crippen molar-refractivity contribution in [2.24, 2.45) is 5.92 Å². The van der Waals surface area contributed by atoms with Crippen molar-refractivity contribution < 1.29 is 9.21 Å². The number of amides is 1. The number of thioether (sulfide) groups is 1. The molecule has 1 aromatic carbocycles. The molecular formula is C18H23N3O2S. The molecule has 0 radical (unpaired) electrons. The first-order valence-corrected chi connectivity index (χ1v) is 9.43. The summed E-state index contributed by atoms with van der Waals surface area (Å²) in [7, 11) is 0.